The van der Waals surface area contributed by atoms with Crippen LogP contribution < -0.4 is 21.9 Å². The van der Waals surface area contributed by atoms with Crippen molar-refractivity contribution >= 4 is 17.4 Å². The molecule has 0 aliphatic carbocycles. The number of hydrogen-bond acceptors (Lipinski definition) is 5. The topological polar surface area (TPSA) is 114 Å². The van der Waals surface area contributed by atoms with Gasteiger partial charge in [-0.2, -0.15) is 0 Å². The summed E-state index contributed by atoms with van der Waals surface area (Å²) < 4.78 is 20.1. The monoisotopic (exact) mass is 414 g/mol. The van der Waals surface area contributed by atoms with Crippen LogP contribution in [0.15, 0.2) is 56.7 Å². The van der Waals surface area contributed by atoms with Gasteiger partial charge in [-0.15, -0.1) is 0 Å². The molecule has 0 saturated heterocycles. The molecule has 0 radical (unpaired) electrons. The summed E-state index contributed by atoms with van der Waals surface area (Å²) in [5.74, 6) is -0.637. The van der Waals surface area contributed by atoms with E-state index in [-0.39, 0.29) is 24.5 Å². The summed E-state index contributed by atoms with van der Waals surface area (Å²) in [4.78, 5) is 41.4. The fourth-order valence-electron chi connectivity index (χ4n) is 3.14. The number of aromatic amines is 1. The maximum absolute atomic E-state index is 13.5. The van der Waals surface area contributed by atoms with E-state index in [0.29, 0.717) is 24.3 Å². The Kier molecular flexibility index (Phi) is 6.51. The molecule has 8 nitrogen and oxygen atoms in total. The van der Waals surface area contributed by atoms with Gasteiger partial charge >= 0.3 is 5.69 Å². The van der Waals surface area contributed by atoms with E-state index in [1.54, 1.807) is 18.2 Å². The second kappa shape index (κ2) is 9.25. The first-order valence-electron chi connectivity index (χ1n) is 9.60. The SMILES string of the molecule is CCCCn1c(N)c(N(Cc2ccco2)C(=O)Cc2cccc(F)c2)c(=O)[nH]c1=O. The molecule has 0 spiro atoms. The third-order valence-corrected chi connectivity index (χ3v) is 4.66. The first kappa shape index (κ1) is 21.1. The van der Waals surface area contributed by atoms with Crippen molar-refractivity contribution in [3.05, 3.63) is 80.6 Å². The zero-order valence-electron chi connectivity index (χ0n) is 16.6. The number of unbranched alkanes of at least 4 members (excludes halogenated alkanes) is 1. The Hall–Kier alpha value is -3.62. The molecule has 0 saturated carbocycles. The zero-order chi connectivity index (χ0) is 21.7. The van der Waals surface area contributed by atoms with Crippen LogP contribution in [0.25, 0.3) is 0 Å². The molecule has 158 valence electrons. The highest BCUT2D eigenvalue weighted by Crippen LogP contribution is 2.21. The van der Waals surface area contributed by atoms with Gasteiger partial charge in [0.25, 0.3) is 5.56 Å². The summed E-state index contributed by atoms with van der Waals surface area (Å²) in [6, 6.07) is 8.95. The van der Waals surface area contributed by atoms with Gasteiger partial charge in [0.15, 0.2) is 5.69 Å². The number of carbonyl (C=O) groups excluding carboxylic acids is 1. The van der Waals surface area contributed by atoms with Crippen LogP contribution in [0.5, 0.6) is 0 Å². The minimum Gasteiger partial charge on any atom is -0.467 e. The highest BCUT2D eigenvalue weighted by Gasteiger charge is 2.25. The van der Waals surface area contributed by atoms with Gasteiger partial charge in [-0.1, -0.05) is 25.5 Å². The molecule has 3 rings (SSSR count). The Balaban J connectivity index is 2.05. The molecule has 0 unspecified atom stereocenters. The maximum atomic E-state index is 13.5. The number of nitrogens with zero attached hydrogens (tertiary/aromatic N) is 2. The molecule has 0 bridgehead atoms. The van der Waals surface area contributed by atoms with Gasteiger partial charge in [-0.05, 0) is 36.2 Å². The van der Waals surface area contributed by atoms with Gasteiger partial charge in [0.1, 0.15) is 17.4 Å². The summed E-state index contributed by atoms with van der Waals surface area (Å²) in [5, 5.41) is 0. The summed E-state index contributed by atoms with van der Waals surface area (Å²) in [6.45, 7) is 2.19. The molecular weight excluding hydrogens is 391 g/mol. The van der Waals surface area contributed by atoms with Gasteiger partial charge in [0.05, 0.1) is 19.2 Å². The number of nitrogen functional groups attached to an aromatic ring is 1. The van der Waals surface area contributed by atoms with E-state index < -0.39 is 23.0 Å². The highest BCUT2D eigenvalue weighted by molar-refractivity contribution is 5.96. The number of rotatable bonds is 8. The van der Waals surface area contributed by atoms with Crippen LogP contribution in [-0.4, -0.2) is 15.5 Å². The molecule has 2 aromatic heterocycles. The molecule has 30 heavy (non-hydrogen) atoms. The van der Waals surface area contributed by atoms with Crippen LogP contribution in [0.3, 0.4) is 0 Å². The van der Waals surface area contributed by atoms with Crippen LogP contribution in [-0.2, 0) is 24.3 Å². The number of carbonyl (C=O) groups is 1. The Bertz CT molecular complexity index is 1130. The average molecular weight is 414 g/mol. The van der Waals surface area contributed by atoms with Crippen LogP contribution in [0.4, 0.5) is 15.9 Å². The third kappa shape index (κ3) is 4.68. The number of hydrogen-bond donors (Lipinski definition) is 2. The zero-order valence-corrected chi connectivity index (χ0v) is 16.6. The van der Waals surface area contributed by atoms with Gasteiger partial charge in [-0.3, -0.25) is 24.0 Å². The number of nitrogens with two attached hydrogens (primary N) is 1. The fraction of sp³-hybridized carbons (Fsp3) is 0.286. The van der Waals surface area contributed by atoms with Crippen molar-refractivity contribution in [2.75, 3.05) is 10.6 Å². The lowest BCUT2D eigenvalue weighted by Crippen LogP contribution is -2.41. The first-order chi connectivity index (χ1) is 14.4. The molecular formula is C21H23FN4O4. The summed E-state index contributed by atoms with van der Waals surface area (Å²) in [5.41, 5.74) is 5.07. The predicted octanol–water partition coefficient (Wildman–Crippen LogP) is 2.43. The van der Waals surface area contributed by atoms with E-state index >= 15 is 0 Å². The van der Waals surface area contributed by atoms with Crippen molar-refractivity contribution < 1.29 is 13.6 Å². The molecule has 1 amide bonds. The Morgan fingerprint density at radius 1 is 1.27 bits per heavy atom. The van der Waals surface area contributed by atoms with Crippen molar-refractivity contribution in [2.24, 2.45) is 0 Å². The fourth-order valence-corrected chi connectivity index (χ4v) is 3.14. The highest BCUT2D eigenvalue weighted by atomic mass is 19.1. The number of anilines is 2. The minimum absolute atomic E-state index is 0.0690. The standard InChI is InChI=1S/C21H23FN4O4/c1-2-3-9-25-19(23)18(20(28)24-21(25)29)26(13-16-8-5-10-30-16)17(27)12-14-6-4-7-15(22)11-14/h4-8,10-11H,2-3,9,12-13,23H2,1H3,(H,24,28,29). The number of H-pyrrole nitrogens is 1. The number of halogens is 1. The van der Waals surface area contributed by atoms with Crippen molar-refractivity contribution in [2.45, 2.75) is 39.3 Å². The smallest absolute Gasteiger partial charge is 0.330 e. The van der Waals surface area contributed by atoms with Crippen LogP contribution in [0.2, 0.25) is 0 Å². The van der Waals surface area contributed by atoms with Gasteiger partial charge in [-0.25, -0.2) is 9.18 Å². The Morgan fingerprint density at radius 2 is 2.07 bits per heavy atom. The molecule has 0 fully saturated rings. The molecule has 1 aromatic carbocycles. The van der Waals surface area contributed by atoms with Gasteiger partial charge < -0.3 is 10.2 Å². The van der Waals surface area contributed by atoms with E-state index in [0.717, 1.165) is 6.42 Å². The summed E-state index contributed by atoms with van der Waals surface area (Å²) in [6.07, 6.45) is 2.77. The molecule has 0 aliphatic heterocycles. The Labute approximate surface area is 171 Å². The van der Waals surface area contributed by atoms with Gasteiger partial charge in [0.2, 0.25) is 5.91 Å². The lowest BCUT2D eigenvalue weighted by atomic mass is 10.1. The molecule has 0 atom stereocenters. The van der Waals surface area contributed by atoms with E-state index in [1.807, 2.05) is 6.92 Å². The third-order valence-electron chi connectivity index (χ3n) is 4.66. The Morgan fingerprint density at radius 3 is 2.73 bits per heavy atom. The van der Waals surface area contributed by atoms with Crippen LogP contribution in [0.1, 0.15) is 31.1 Å². The van der Waals surface area contributed by atoms with Crippen molar-refractivity contribution in [1.29, 1.82) is 0 Å². The normalized spacial score (nSPS) is 10.9. The maximum Gasteiger partial charge on any atom is 0.330 e. The van der Waals surface area contributed by atoms with E-state index in [1.165, 1.54) is 33.9 Å². The number of aromatic nitrogens is 2. The van der Waals surface area contributed by atoms with Crippen LogP contribution in [0, 0.1) is 5.82 Å². The quantitative estimate of drug-likeness (QED) is 0.588. The van der Waals surface area contributed by atoms with E-state index in [2.05, 4.69) is 4.98 Å². The molecule has 9 heteroatoms. The largest absolute Gasteiger partial charge is 0.467 e. The number of furan rings is 1. The molecule has 2 heterocycles. The second-order valence-corrected chi connectivity index (χ2v) is 6.86. The summed E-state index contributed by atoms with van der Waals surface area (Å²) >= 11 is 0. The van der Waals surface area contributed by atoms with Crippen molar-refractivity contribution in [3.8, 4) is 0 Å². The predicted molar refractivity (Wildman–Crippen MR) is 111 cm³/mol. The first-order valence-corrected chi connectivity index (χ1v) is 9.60. The minimum atomic E-state index is -0.774. The van der Waals surface area contributed by atoms with E-state index in [9.17, 15) is 18.8 Å². The lowest BCUT2D eigenvalue weighted by Gasteiger charge is -2.24. The second-order valence-electron chi connectivity index (χ2n) is 6.86. The van der Waals surface area contributed by atoms with Gasteiger partial charge in [0, 0.05) is 6.54 Å². The average Bonchev–Trinajstić information content (AvgIpc) is 3.20. The van der Waals surface area contributed by atoms with Crippen molar-refractivity contribution in [1.82, 2.24) is 9.55 Å². The lowest BCUT2D eigenvalue weighted by molar-refractivity contribution is -0.118. The number of benzene rings is 1. The number of amides is 1. The molecule has 3 aromatic rings. The summed E-state index contributed by atoms with van der Waals surface area (Å²) in [7, 11) is 0. The molecule has 3 N–H and O–H groups in total. The van der Waals surface area contributed by atoms with Crippen molar-refractivity contribution in [3.63, 3.8) is 0 Å². The molecule has 0 aliphatic rings. The van der Waals surface area contributed by atoms with E-state index in [4.69, 9.17) is 10.2 Å². The number of nitrogens with one attached hydrogen (secondary N) is 1. The van der Waals surface area contributed by atoms with Crippen LogP contribution >= 0.6 is 0 Å².